The minimum absolute atomic E-state index is 0.0440. The zero-order valence-electron chi connectivity index (χ0n) is 23.2. The smallest absolute Gasteiger partial charge is 0.348 e. The third kappa shape index (κ3) is 6.48. The molecule has 214 valence electrons. The van der Waals surface area contributed by atoms with Gasteiger partial charge in [0.05, 0.1) is 12.9 Å². The van der Waals surface area contributed by atoms with E-state index in [9.17, 15) is 24.3 Å². The summed E-state index contributed by atoms with van der Waals surface area (Å²) in [6.07, 6.45) is -1.72. The molecule has 1 aliphatic carbocycles. The molecule has 2 heterocycles. The van der Waals surface area contributed by atoms with Crippen LogP contribution < -0.4 is 0 Å². The predicted octanol–water partition coefficient (Wildman–Crippen LogP) is 2.42. The Hall–Kier alpha value is -2.66. The lowest BCUT2D eigenvalue weighted by molar-refractivity contribution is -0.208. The monoisotopic (exact) mass is 540 g/mol. The third-order valence-electron chi connectivity index (χ3n) is 6.90. The zero-order valence-corrected chi connectivity index (χ0v) is 23.2. The third-order valence-corrected chi connectivity index (χ3v) is 6.90. The van der Waals surface area contributed by atoms with Gasteiger partial charge in [-0.05, 0) is 11.8 Å². The maximum Gasteiger partial charge on any atom is 0.348 e. The Kier molecular flexibility index (Phi) is 9.13. The van der Waals surface area contributed by atoms with Crippen LogP contribution in [0.1, 0.15) is 67.7 Å². The number of hydrogen-bond acceptors (Lipinski definition) is 11. The van der Waals surface area contributed by atoms with Crippen LogP contribution >= 0.6 is 0 Å². The van der Waals surface area contributed by atoms with E-state index in [1.165, 1.54) is 13.2 Å². The summed E-state index contributed by atoms with van der Waals surface area (Å²) in [5, 5.41) is 11.9. The molecule has 11 nitrogen and oxygen atoms in total. The first-order valence-electron chi connectivity index (χ1n) is 13.1. The van der Waals surface area contributed by atoms with Crippen LogP contribution in [0, 0.1) is 23.7 Å². The highest BCUT2D eigenvalue weighted by Crippen LogP contribution is 2.59. The summed E-state index contributed by atoms with van der Waals surface area (Å²) >= 11 is 0. The van der Waals surface area contributed by atoms with E-state index in [4.69, 9.17) is 28.4 Å². The molecule has 3 aliphatic rings. The lowest BCUT2D eigenvalue weighted by atomic mass is 9.79. The number of hydrogen-bond donors (Lipinski definition) is 1. The van der Waals surface area contributed by atoms with Gasteiger partial charge < -0.3 is 33.5 Å². The first kappa shape index (κ1) is 29.9. The highest BCUT2D eigenvalue weighted by atomic mass is 16.7. The van der Waals surface area contributed by atoms with Gasteiger partial charge in [0.25, 0.3) is 6.29 Å². The number of ether oxygens (including phenoxy) is 6. The summed E-state index contributed by atoms with van der Waals surface area (Å²) in [7, 11) is 0. The lowest BCUT2D eigenvalue weighted by Gasteiger charge is -2.40. The van der Waals surface area contributed by atoms with Crippen LogP contribution in [-0.4, -0.2) is 71.9 Å². The molecule has 6 atom stereocenters. The Labute approximate surface area is 223 Å². The van der Waals surface area contributed by atoms with Crippen LogP contribution in [0.25, 0.3) is 0 Å². The average molecular weight is 541 g/mol. The SMILES string of the molecule is CC(=O)O[C@H]1C[C@]2(O)C(COC(=O)[C@@H](OC(=O)CC(C)C)C(C)C)=CO[C@@H](OC(=O)CC(C)C)[C@@H]2[C@@]12CO2. The maximum absolute atomic E-state index is 12.9. The number of aliphatic hydroxyl groups is 1. The van der Waals surface area contributed by atoms with Gasteiger partial charge in [0.15, 0.2) is 0 Å². The van der Waals surface area contributed by atoms with Gasteiger partial charge in [0, 0.05) is 37.7 Å². The second kappa shape index (κ2) is 11.6. The molecule has 0 aromatic rings. The molecular formula is C27H40O11. The van der Waals surface area contributed by atoms with Crippen molar-refractivity contribution < 1.29 is 52.7 Å². The Morgan fingerprint density at radius 3 is 2.16 bits per heavy atom. The molecule has 1 N–H and O–H groups in total. The highest BCUT2D eigenvalue weighted by molar-refractivity contribution is 5.80. The maximum atomic E-state index is 12.9. The molecule has 0 aromatic heterocycles. The Bertz CT molecular complexity index is 949. The molecule has 0 bridgehead atoms. The molecule has 38 heavy (non-hydrogen) atoms. The summed E-state index contributed by atoms with van der Waals surface area (Å²) in [6, 6.07) is 0. The predicted molar refractivity (Wildman–Crippen MR) is 131 cm³/mol. The van der Waals surface area contributed by atoms with Gasteiger partial charge in [0.2, 0.25) is 6.10 Å². The summed E-state index contributed by atoms with van der Waals surface area (Å²) in [5.41, 5.74) is -2.65. The van der Waals surface area contributed by atoms with Crippen molar-refractivity contribution in [2.45, 2.75) is 97.4 Å². The molecule has 3 rings (SSSR count). The fourth-order valence-electron chi connectivity index (χ4n) is 5.07. The van der Waals surface area contributed by atoms with Gasteiger partial charge >= 0.3 is 23.9 Å². The molecule has 2 aliphatic heterocycles. The van der Waals surface area contributed by atoms with Gasteiger partial charge in [-0.3, -0.25) is 14.4 Å². The highest BCUT2D eigenvalue weighted by Gasteiger charge is 2.76. The van der Waals surface area contributed by atoms with Crippen molar-refractivity contribution in [3.8, 4) is 0 Å². The van der Waals surface area contributed by atoms with E-state index in [0.717, 1.165) is 0 Å². The molecular weight excluding hydrogens is 500 g/mol. The van der Waals surface area contributed by atoms with Crippen molar-refractivity contribution in [2.24, 2.45) is 23.7 Å². The molecule has 0 amide bonds. The second-order valence-corrected chi connectivity index (χ2v) is 11.5. The molecule has 1 saturated heterocycles. The summed E-state index contributed by atoms with van der Waals surface area (Å²) in [6.45, 7) is 12.0. The van der Waals surface area contributed by atoms with E-state index in [-0.39, 0.29) is 55.8 Å². The first-order chi connectivity index (χ1) is 17.7. The van der Waals surface area contributed by atoms with E-state index < -0.39 is 59.5 Å². The molecule has 2 fully saturated rings. The second-order valence-electron chi connectivity index (χ2n) is 11.5. The number of fused-ring (bicyclic) bond motifs is 2. The van der Waals surface area contributed by atoms with Crippen molar-refractivity contribution in [3.05, 3.63) is 11.8 Å². The Balaban J connectivity index is 1.80. The molecule has 1 saturated carbocycles. The Morgan fingerprint density at radius 2 is 1.63 bits per heavy atom. The van der Waals surface area contributed by atoms with Crippen molar-refractivity contribution in [3.63, 3.8) is 0 Å². The first-order valence-corrected chi connectivity index (χ1v) is 13.1. The van der Waals surface area contributed by atoms with Gasteiger partial charge in [-0.25, -0.2) is 4.79 Å². The van der Waals surface area contributed by atoms with Crippen LogP contribution in [0.2, 0.25) is 0 Å². The van der Waals surface area contributed by atoms with Crippen molar-refractivity contribution in [1.82, 2.24) is 0 Å². The topological polar surface area (TPSA) is 147 Å². The summed E-state index contributed by atoms with van der Waals surface area (Å²) in [5.74, 6) is -3.51. The van der Waals surface area contributed by atoms with E-state index in [1.54, 1.807) is 13.8 Å². The van der Waals surface area contributed by atoms with Crippen molar-refractivity contribution >= 4 is 23.9 Å². The van der Waals surface area contributed by atoms with Gasteiger partial charge in [-0.1, -0.05) is 41.5 Å². The van der Waals surface area contributed by atoms with E-state index >= 15 is 0 Å². The number of esters is 4. The normalized spacial score (nSPS) is 30.4. The standard InChI is InChI=1S/C27H40O11/c1-14(2)8-20(29)37-22(16(5)6)24(31)33-11-18-12-34-25(38-21(30)9-15(3)4)23-26(18,32)10-19(36-17(7)28)27(23)13-35-27/h12,14-16,19,22-23,25,32H,8-11,13H2,1-7H3/t19-,22-,23-,25-,26-,27+/m0/s1. The van der Waals surface area contributed by atoms with Crippen LogP contribution in [0.3, 0.4) is 0 Å². The van der Waals surface area contributed by atoms with E-state index in [2.05, 4.69) is 0 Å². The van der Waals surface area contributed by atoms with E-state index in [1.807, 2.05) is 27.7 Å². The molecule has 1 spiro atoms. The molecule has 0 unspecified atom stereocenters. The fraction of sp³-hybridized carbons (Fsp3) is 0.778. The van der Waals surface area contributed by atoms with Crippen LogP contribution in [0.5, 0.6) is 0 Å². The number of rotatable bonds is 11. The van der Waals surface area contributed by atoms with Crippen LogP contribution in [0.4, 0.5) is 0 Å². The van der Waals surface area contributed by atoms with Crippen molar-refractivity contribution in [2.75, 3.05) is 13.2 Å². The summed E-state index contributed by atoms with van der Waals surface area (Å²) in [4.78, 5) is 49.3. The lowest BCUT2D eigenvalue weighted by Crippen LogP contribution is -2.53. The minimum atomic E-state index is -1.72. The van der Waals surface area contributed by atoms with Gasteiger partial charge in [-0.15, -0.1) is 0 Å². The molecule has 11 heteroatoms. The largest absolute Gasteiger partial charge is 0.462 e. The van der Waals surface area contributed by atoms with Crippen molar-refractivity contribution in [1.29, 1.82) is 0 Å². The summed E-state index contributed by atoms with van der Waals surface area (Å²) < 4.78 is 33.3. The zero-order chi connectivity index (χ0) is 28.4. The number of carbonyl (C=O) groups excluding carboxylic acids is 4. The average Bonchev–Trinajstić information content (AvgIpc) is 3.51. The van der Waals surface area contributed by atoms with Crippen LogP contribution in [-0.2, 0) is 47.6 Å². The van der Waals surface area contributed by atoms with Gasteiger partial charge in [0.1, 0.15) is 29.8 Å². The fourth-order valence-corrected chi connectivity index (χ4v) is 5.07. The van der Waals surface area contributed by atoms with E-state index in [0.29, 0.717) is 0 Å². The van der Waals surface area contributed by atoms with Gasteiger partial charge in [-0.2, -0.15) is 0 Å². The van der Waals surface area contributed by atoms with Crippen LogP contribution in [0.15, 0.2) is 11.8 Å². The molecule has 0 radical (unpaired) electrons. The number of epoxide rings is 1. The number of carbonyl (C=O) groups is 4. The quantitative estimate of drug-likeness (QED) is 0.234. The Morgan fingerprint density at radius 1 is 1.03 bits per heavy atom. The minimum Gasteiger partial charge on any atom is -0.462 e. The molecule has 0 aromatic carbocycles.